The summed E-state index contributed by atoms with van der Waals surface area (Å²) >= 11 is 1.61. The highest BCUT2D eigenvalue weighted by molar-refractivity contribution is 7.16. The van der Waals surface area contributed by atoms with Gasteiger partial charge in [-0.3, -0.25) is 0 Å². The van der Waals surface area contributed by atoms with Crippen LogP contribution in [0, 0.1) is 0 Å². The van der Waals surface area contributed by atoms with Gasteiger partial charge in [-0.2, -0.15) is 0 Å². The number of hydrogen-bond donors (Lipinski definition) is 1. The number of fused-ring (bicyclic) bond motifs is 1. The molecule has 0 aliphatic rings. The first-order valence-corrected chi connectivity index (χ1v) is 6.97. The molecule has 1 heterocycles. The van der Waals surface area contributed by atoms with Crippen LogP contribution in [0.1, 0.15) is 13.3 Å². The Morgan fingerprint density at radius 3 is 3.11 bits per heavy atom. The number of nitrogens with zero attached hydrogens (tertiary/aromatic N) is 1. The van der Waals surface area contributed by atoms with Gasteiger partial charge >= 0.3 is 5.97 Å². The highest BCUT2D eigenvalue weighted by atomic mass is 32.1. The molecule has 0 atom stereocenters. The third kappa shape index (κ3) is 3.32. The zero-order valence-electron chi connectivity index (χ0n) is 11.0. The summed E-state index contributed by atoms with van der Waals surface area (Å²) in [6.45, 7) is 2.54. The number of rotatable bonds is 5. The van der Waals surface area contributed by atoms with E-state index in [1.807, 2.05) is 30.6 Å². The fourth-order valence-electron chi connectivity index (χ4n) is 1.76. The molecule has 4 nitrogen and oxygen atoms in total. The number of nitrogens with one attached hydrogen (secondary N) is 1. The molecular formula is C14H16N2O2S. The van der Waals surface area contributed by atoms with E-state index >= 15 is 0 Å². The summed E-state index contributed by atoms with van der Waals surface area (Å²) in [5, 5.41) is 3.27. The van der Waals surface area contributed by atoms with Crippen LogP contribution in [0.15, 0.2) is 35.4 Å². The minimum absolute atomic E-state index is 0.262. The molecule has 19 heavy (non-hydrogen) atoms. The lowest BCUT2D eigenvalue weighted by Crippen LogP contribution is -2.07. The highest BCUT2D eigenvalue weighted by Gasteiger charge is 2.05. The van der Waals surface area contributed by atoms with Gasteiger partial charge in [0.2, 0.25) is 0 Å². The Morgan fingerprint density at radius 1 is 1.53 bits per heavy atom. The van der Waals surface area contributed by atoms with Gasteiger partial charge in [-0.25, -0.2) is 9.78 Å². The second-order valence-electron chi connectivity index (χ2n) is 3.99. The van der Waals surface area contributed by atoms with Gasteiger partial charge < -0.3 is 10.1 Å². The van der Waals surface area contributed by atoms with E-state index in [0.717, 1.165) is 15.9 Å². The smallest absolute Gasteiger partial charge is 0.333 e. The average Bonchev–Trinajstić information content (AvgIpc) is 2.90. The van der Waals surface area contributed by atoms with Crippen LogP contribution >= 0.6 is 11.3 Å². The molecule has 0 saturated heterocycles. The van der Waals surface area contributed by atoms with Crippen molar-refractivity contribution in [2.45, 2.75) is 13.3 Å². The van der Waals surface area contributed by atoms with E-state index in [4.69, 9.17) is 4.74 Å². The molecule has 0 radical (unpaired) electrons. The lowest BCUT2D eigenvalue weighted by Gasteiger charge is -2.05. The van der Waals surface area contributed by atoms with E-state index in [1.54, 1.807) is 11.3 Å². The number of carbonyl (C=O) groups excluding carboxylic acids is 1. The Labute approximate surface area is 116 Å². The highest BCUT2D eigenvalue weighted by Crippen LogP contribution is 2.21. The SMILES string of the molecule is CC/C(=C/CNc1ccc2ncsc2c1)C(=O)OC. The maximum absolute atomic E-state index is 11.4. The molecule has 0 saturated carbocycles. The lowest BCUT2D eigenvalue weighted by atomic mass is 10.2. The van der Waals surface area contributed by atoms with E-state index < -0.39 is 0 Å². The average molecular weight is 276 g/mol. The maximum atomic E-state index is 11.4. The second-order valence-corrected chi connectivity index (χ2v) is 4.88. The van der Waals surface area contributed by atoms with Gasteiger partial charge in [0.25, 0.3) is 0 Å². The first-order valence-electron chi connectivity index (χ1n) is 6.09. The molecule has 5 heteroatoms. The predicted octanol–water partition coefficient (Wildman–Crippen LogP) is 3.22. The Hall–Kier alpha value is -1.88. The molecule has 0 aliphatic carbocycles. The third-order valence-corrected chi connectivity index (χ3v) is 3.61. The zero-order valence-corrected chi connectivity index (χ0v) is 11.8. The van der Waals surface area contributed by atoms with Crippen molar-refractivity contribution in [1.82, 2.24) is 4.98 Å². The van der Waals surface area contributed by atoms with E-state index in [0.29, 0.717) is 18.5 Å². The summed E-state index contributed by atoms with van der Waals surface area (Å²) in [5.41, 5.74) is 4.55. The predicted molar refractivity (Wildman–Crippen MR) is 78.5 cm³/mol. The molecule has 2 rings (SSSR count). The van der Waals surface area contributed by atoms with Gasteiger partial charge in [-0.15, -0.1) is 11.3 Å². The maximum Gasteiger partial charge on any atom is 0.333 e. The molecule has 0 unspecified atom stereocenters. The van der Waals surface area contributed by atoms with Crippen LogP contribution in [0.5, 0.6) is 0 Å². The largest absolute Gasteiger partial charge is 0.466 e. The van der Waals surface area contributed by atoms with Crippen molar-refractivity contribution in [3.63, 3.8) is 0 Å². The van der Waals surface area contributed by atoms with Crippen molar-refractivity contribution in [3.05, 3.63) is 35.4 Å². The molecule has 0 fully saturated rings. The van der Waals surface area contributed by atoms with Crippen LogP contribution in [0.3, 0.4) is 0 Å². The van der Waals surface area contributed by atoms with Crippen molar-refractivity contribution in [1.29, 1.82) is 0 Å². The van der Waals surface area contributed by atoms with Crippen molar-refractivity contribution in [2.75, 3.05) is 19.0 Å². The van der Waals surface area contributed by atoms with E-state index in [-0.39, 0.29) is 5.97 Å². The summed E-state index contributed by atoms with van der Waals surface area (Å²) in [6.07, 6.45) is 2.53. The van der Waals surface area contributed by atoms with Crippen LogP contribution in [0.4, 0.5) is 5.69 Å². The van der Waals surface area contributed by atoms with Gasteiger partial charge in [-0.05, 0) is 24.6 Å². The zero-order chi connectivity index (χ0) is 13.7. The van der Waals surface area contributed by atoms with Crippen LogP contribution in [-0.2, 0) is 9.53 Å². The standard InChI is InChI=1S/C14H16N2O2S/c1-3-10(14(17)18-2)6-7-15-11-4-5-12-13(8-11)19-9-16-12/h4-6,8-9,15H,3,7H2,1-2H3/b10-6-. The minimum atomic E-state index is -0.262. The van der Waals surface area contributed by atoms with Crippen LogP contribution in [-0.4, -0.2) is 24.6 Å². The van der Waals surface area contributed by atoms with Gasteiger partial charge in [0.1, 0.15) is 0 Å². The molecule has 0 amide bonds. The number of ether oxygens (including phenoxy) is 1. The molecule has 1 aromatic heterocycles. The fourth-order valence-corrected chi connectivity index (χ4v) is 2.48. The summed E-state index contributed by atoms with van der Waals surface area (Å²) in [5.74, 6) is -0.262. The van der Waals surface area contributed by atoms with Gasteiger partial charge in [0, 0.05) is 17.8 Å². The van der Waals surface area contributed by atoms with Crippen LogP contribution < -0.4 is 5.32 Å². The molecule has 100 valence electrons. The molecule has 0 spiro atoms. The monoisotopic (exact) mass is 276 g/mol. The van der Waals surface area contributed by atoms with Crippen molar-refractivity contribution in [3.8, 4) is 0 Å². The number of hydrogen-bond acceptors (Lipinski definition) is 5. The fraction of sp³-hybridized carbons (Fsp3) is 0.286. The van der Waals surface area contributed by atoms with E-state index in [2.05, 4.69) is 16.4 Å². The number of methoxy groups -OCH3 is 1. The van der Waals surface area contributed by atoms with Crippen LogP contribution in [0.25, 0.3) is 10.2 Å². The molecule has 1 N–H and O–H groups in total. The Morgan fingerprint density at radius 2 is 2.37 bits per heavy atom. The second kappa shape index (κ2) is 6.33. The summed E-state index contributed by atoms with van der Waals surface area (Å²) in [4.78, 5) is 15.6. The number of benzene rings is 1. The molecule has 0 bridgehead atoms. The minimum Gasteiger partial charge on any atom is -0.466 e. The summed E-state index contributed by atoms with van der Waals surface area (Å²) in [7, 11) is 1.40. The van der Waals surface area contributed by atoms with Crippen molar-refractivity contribution >= 4 is 33.2 Å². The Bertz CT molecular complexity index is 604. The lowest BCUT2D eigenvalue weighted by molar-refractivity contribution is -0.136. The quantitative estimate of drug-likeness (QED) is 0.673. The number of thiazole rings is 1. The molecule has 0 aliphatic heterocycles. The summed E-state index contributed by atoms with van der Waals surface area (Å²) in [6, 6.07) is 6.03. The Kier molecular flexibility index (Phi) is 4.52. The molecular weight excluding hydrogens is 260 g/mol. The van der Waals surface area contributed by atoms with Gasteiger partial charge in [0.15, 0.2) is 0 Å². The number of esters is 1. The van der Waals surface area contributed by atoms with E-state index in [1.165, 1.54) is 7.11 Å². The number of aromatic nitrogens is 1. The first-order chi connectivity index (χ1) is 9.24. The van der Waals surface area contributed by atoms with Crippen molar-refractivity contribution in [2.24, 2.45) is 0 Å². The normalized spacial score (nSPS) is 11.6. The molecule has 2 aromatic rings. The first kappa shape index (κ1) is 13.5. The van der Waals surface area contributed by atoms with Gasteiger partial charge in [0.05, 0.1) is 22.8 Å². The van der Waals surface area contributed by atoms with Gasteiger partial charge in [-0.1, -0.05) is 13.0 Å². The summed E-state index contributed by atoms with van der Waals surface area (Å²) < 4.78 is 5.86. The van der Waals surface area contributed by atoms with E-state index in [9.17, 15) is 4.79 Å². The molecule has 1 aromatic carbocycles. The Balaban J connectivity index is 2.01. The number of anilines is 1. The topological polar surface area (TPSA) is 51.2 Å². The number of carbonyl (C=O) groups is 1. The van der Waals surface area contributed by atoms with Crippen molar-refractivity contribution < 1.29 is 9.53 Å². The third-order valence-electron chi connectivity index (χ3n) is 2.81. The van der Waals surface area contributed by atoms with Crippen LogP contribution in [0.2, 0.25) is 0 Å².